The van der Waals surface area contributed by atoms with Crippen LogP contribution in [0.25, 0.3) is 0 Å². The molecule has 0 fully saturated rings. The summed E-state index contributed by atoms with van der Waals surface area (Å²) in [6, 6.07) is 4.00. The van der Waals surface area contributed by atoms with Crippen LogP contribution in [0.1, 0.15) is 17.3 Å². The molecule has 0 aromatic heterocycles. The van der Waals surface area contributed by atoms with Gasteiger partial charge in [-0.05, 0) is 18.2 Å². The van der Waals surface area contributed by atoms with Crippen LogP contribution in [0.4, 0.5) is 5.69 Å². The second kappa shape index (κ2) is 5.11. The number of amides is 1. The molecule has 0 aliphatic carbocycles. The molecule has 0 spiro atoms. The van der Waals surface area contributed by atoms with Gasteiger partial charge in [-0.3, -0.25) is 9.59 Å². The molecule has 90 valence electrons. The Morgan fingerprint density at radius 1 is 1.29 bits per heavy atom. The first kappa shape index (κ1) is 12.7. The predicted octanol–water partition coefficient (Wildman–Crippen LogP) is 0.921. The quantitative estimate of drug-likeness (QED) is 0.600. The summed E-state index contributed by atoms with van der Waals surface area (Å²) in [7, 11) is 1.40. The molecular formula is C11H11NO5. The number of rotatable bonds is 4. The molecule has 0 saturated carbocycles. The van der Waals surface area contributed by atoms with Gasteiger partial charge < -0.3 is 15.2 Å². The first-order chi connectivity index (χ1) is 7.95. The average molecular weight is 237 g/mol. The standard InChI is InChI=1S/C11H11NO5/c1-6(13)12-8-5-7(10(14)11(15)16)3-4-9(8)17-2/h3-5H,1-2H3,(H,12,13)(H,15,16). The lowest BCUT2D eigenvalue weighted by Gasteiger charge is -2.09. The van der Waals surface area contributed by atoms with Crippen molar-refractivity contribution in [3.8, 4) is 5.75 Å². The number of ether oxygens (including phenoxy) is 1. The van der Waals surface area contributed by atoms with Crippen molar-refractivity contribution in [1.29, 1.82) is 0 Å². The highest BCUT2D eigenvalue weighted by Gasteiger charge is 2.16. The number of aliphatic carboxylic acids is 1. The van der Waals surface area contributed by atoms with Crippen molar-refractivity contribution in [2.24, 2.45) is 0 Å². The number of Topliss-reactive ketones (excluding diaryl/α,β-unsaturated/α-hetero) is 1. The van der Waals surface area contributed by atoms with Gasteiger partial charge >= 0.3 is 5.97 Å². The van der Waals surface area contributed by atoms with Gasteiger partial charge in [-0.25, -0.2) is 4.79 Å². The first-order valence-electron chi connectivity index (χ1n) is 4.69. The molecule has 0 saturated heterocycles. The van der Waals surface area contributed by atoms with Crippen LogP contribution in [-0.4, -0.2) is 29.9 Å². The summed E-state index contributed by atoms with van der Waals surface area (Å²) in [6.07, 6.45) is 0. The first-order valence-corrected chi connectivity index (χ1v) is 4.69. The molecule has 1 amide bonds. The van der Waals surface area contributed by atoms with E-state index in [-0.39, 0.29) is 17.2 Å². The third-order valence-corrected chi connectivity index (χ3v) is 1.97. The molecule has 6 nitrogen and oxygen atoms in total. The molecule has 0 atom stereocenters. The highest BCUT2D eigenvalue weighted by molar-refractivity contribution is 6.40. The van der Waals surface area contributed by atoms with E-state index in [2.05, 4.69) is 5.32 Å². The van der Waals surface area contributed by atoms with E-state index in [0.29, 0.717) is 5.75 Å². The highest BCUT2D eigenvalue weighted by Crippen LogP contribution is 2.25. The largest absolute Gasteiger partial charge is 0.495 e. The van der Waals surface area contributed by atoms with E-state index in [1.54, 1.807) is 0 Å². The van der Waals surface area contributed by atoms with E-state index >= 15 is 0 Å². The number of carboxylic acids is 1. The second-order valence-corrected chi connectivity index (χ2v) is 3.23. The Bertz CT molecular complexity index is 481. The average Bonchev–Trinajstić information content (AvgIpc) is 2.27. The summed E-state index contributed by atoms with van der Waals surface area (Å²) >= 11 is 0. The van der Waals surface area contributed by atoms with Gasteiger partial charge in [0.05, 0.1) is 12.8 Å². The maximum Gasteiger partial charge on any atom is 0.377 e. The number of methoxy groups -OCH3 is 1. The van der Waals surface area contributed by atoms with Crippen LogP contribution in [0.5, 0.6) is 5.75 Å². The maximum absolute atomic E-state index is 11.2. The van der Waals surface area contributed by atoms with Crippen molar-refractivity contribution in [2.75, 3.05) is 12.4 Å². The van der Waals surface area contributed by atoms with Crippen LogP contribution in [0.2, 0.25) is 0 Å². The molecule has 0 heterocycles. The van der Waals surface area contributed by atoms with Gasteiger partial charge in [0.2, 0.25) is 5.91 Å². The minimum absolute atomic E-state index is 0.0259. The smallest absolute Gasteiger partial charge is 0.377 e. The van der Waals surface area contributed by atoms with Crippen molar-refractivity contribution in [2.45, 2.75) is 6.92 Å². The maximum atomic E-state index is 11.2. The molecule has 0 radical (unpaired) electrons. The Balaban J connectivity index is 3.17. The number of anilines is 1. The van der Waals surface area contributed by atoms with Gasteiger partial charge in [-0.2, -0.15) is 0 Å². The van der Waals surface area contributed by atoms with Crippen molar-refractivity contribution < 1.29 is 24.2 Å². The van der Waals surface area contributed by atoms with Crippen molar-refractivity contribution >= 4 is 23.3 Å². The van der Waals surface area contributed by atoms with Crippen molar-refractivity contribution in [1.82, 2.24) is 0 Å². The molecule has 0 aliphatic heterocycles. The van der Waals surface area contributed by atoms with E-state index in [0.717, 1.165) is 0 Å². The fraction of sp³-hybridized carbons (Fsp3) is 0.182. The van der Waals surface area contributed by atoms with E-state index in [1.165, 1.54) is 32.2 Å². The molecule has 6 heteroatoms. The minimum Gasteiger partial charge on any atom is -0.495 e. The molecule has 17 heavy (non-hydrogen) atoms. The van der Waals surface area contributed by atoms with E-state index in [4.69, 9.17) is 9.84 Å². The molecular weight excluding hydrogens is 226 g/mol. The van der Waals surface area contributed by atoms with Gasteiger partial charge in [-0.1, -0.05) is 0 Å². The zero-order valence-corrected chi connectivity index (χ0v) is 9.31. The fourth-order valence-electron chi connectivity index (χ4n) is 1.26. The van der Waals surface area contributed by atoms with Crippen molar-refractivity contribution in [3.63, 3.8) is 0 Å². The van der Waals surface area contributed by atoms with E-state index in [9.17, 15) is 14.4 Å². The van der Waals surface area contributed by atoms with Crippen LogP contribution < -0.4 is 10.1 Å². The number of ketones is 1. The lowest BCUT2D eigenvalue weighted by Crippen LogP contribution is -2.14. The molecule has 1 aromatic rings. The van der Waals surface area contributed by atoms with Gasteiger partial charge in [0.15, 0.2) is 0 Å². The van der Waals surface area contributed by atoms with Crippen LogP contribution in [0, 0.1) is 0 Å². The van der Waals surface area contributed by atoms with Gasteiger partial charge in [0.25, 0.3) is 5.78 Å². The minimum atomic E-state index is -1.55. The summed E-state index contributed by atoms with van der Waals surface area (Å²) in [5.74, 6) is -2.59. The number of carbonyl (C=O) groups excluding carboxylic acids is 2. The van der Waals surface area contributed by atoms with Gasteiger partial charge in [-0.15, -0.1) is 0 Å². The number of nitrogens with one attached hydrogen (secondary N) is 1. The number of benzene rings is 1. The predicted molar refractivity (Wildman–Crippen MR) is 59.3 cm³/mol. The Hall–Kier alpha value is -2.37. The zero-order chi connectivity index (χ0) is 13.0. The summed E-state index contributed by atoms with van der Waals surface area (Å²) in [4.78, 5) is 32.7. The van der Waals surface area contributed by atoms with Gasteiger partial charge in [0, 0.05) is 12.5 Å². The third-order valence-electron chi connectivity index (χ3n) is 1.97. The molecule has 1 aromatic carbocycles. The zero-order valence-electron chi connectivity index (χ0n) is 9.31. The highest BCUT2D eigenvalue weighted by atomic mass is 16.5. The van der Waals surface area contributed by atoms with Crippen LogP contribution >= 0.6 is 0 Å². The van der Waals surface area contributed by atoms with Gasteiger partial charge in [0.1, 0.15) is 5.75 Å². The van der Waals surface area contributed by atoms with E-state index in [1.807, 2.05) is 0 Å². The lowest BCUT2D eigenvalue weighted by atomic mass is 10.1. The number of carboxylic acid groups (broad SMARTS) is 1. The SMILES string of the molecule is COc1ccc(C(=O)C(=O)O)cc1NC(C)=O. The van der Waals surface area contributed by atoms with E-state index < -0.39 is 11.8 Å². The summed E-state index contributed by atoms with van der Waals surface area (Å²) in [6.45, 7) is 1.30. The summed E-state index contributed by atoms with van der Waals surface area (Å²) in [5.41, 5.74) is 0.231. The molecule has 0 bridgehead atoms. The Labute approximate surface area is 97.2 Å². The Morgan fingerprint density at radius 2 is 1.94 bits per heavy atom. The summed E-state index contributed by atoms with van der Waals surface area (Å²) in [5, 5.41) is 11.0. The van der Waals surface area contributed by atoms with Crippen molar-refractivity contribution in [3.05, 3.63) is 23.8 Å². The molecule has 2 N–H and O–H groups in total. The number of hydrogen-bond donors (Lipinski definition) is 2. The normalized spacial score (nSPS) is 9.53. The van der Waals surface area contributed by atoms with Crippen LogP contribution in [0.15, 0.2) is 18.2 Å². The third kappa shape index (κ3) is 3.04. The lowest BCUT2D eigenvalue weighted by molar-refractivity contribution is -0.131. The number of carbonyl (C=O) groups is 3. The van der Waals surface area contributed by atoms with Crippen LogP contribution in [0.3, 0.4) is 0 Å². The Kier molecular flexibility index (Phi) is 3.82. The Morgan fingerprint density at radius 3 is 2.41 bits per heavy atom. The molecule has 0 unspecified atom stereocenters. The van der Waals surface area contributed by atoms with Crippen LogP contribution in [-0.2, 0) is 9.59 Å². The monoisotopic (exact) mass is 237 g/mol. The second-order valence-electron chi connectivity index (χ2n) is 3.23. The molecule has 1 rings (SSSR count). The molecule has 0 aliphatic rings. The summed E-state index contributed by atoms with van der Waals surface area (Å²) < 4.78 is 4.97. The fourth-order valence-corrected chi connectivity index (χ4v) is 1.26. The topological polar surface area (TPSA) is 92.7 Å². The number of hydrogen-bond acceptors (Lipinski definition) is 4.